The number of benzene rings is 1. The topological polar surface area (TPSA) is 63.2 Å². The second-order valence-corrected chi connectivity index (χ2v) is 3.43. The Morgan fingerprint density at radius 2 is 1.95 bits per heavy atom. The number of carbonyl (C=O) groups excluding carboxylic acids is 1. The lowest BCUT2D eigenvalue weighted by Crippen LogP contribution is -2.11. The Labute approximate surface area is 112 Å². The Balaban J connectivity index is 2.61. The molecule has 0 aromatic heterocycles. The lowest BCUT2D eigenvalue weighted by atomic mass is 10.2. The Kier molecular flexibility index (Phi) is 6.70. The van der Waals surface area contributed by atoms with Crippen molar-refractivity contribution in [3.63, 3.8) is 0 Å². The summed E-state index contributed by atoms with van der Waals surface area (Å²) in [5.41, 5.74) is 0.234. The van der Waals surface area contributed by atoms with Gasteiger partial charge in [0.1, 0.15) is 12.2 Å². The summed E-state index contributed by atoms with van der Waals surface area (Å²) in [6, 6.07) is 4.92. The molecule has 0 aliphatic heterocycles. The molecule has 0 N–H and O–H groups in total. The van der Waals surface area contributed by atoms with Gasteiger partial charge >= 0.3 is 5.97 Å². The standard InChI is InChI=1S/C13H18O6/c1-4-17-8-9-18-19-13(14)10-6-5-7-11(15-2)12(10)16-3/h5-7H,4,8-9H2,1-3H3. The third-order valence-electron chi connectivity index (χ3n) is 2.27. The van der Waals surface area contributed by atoms with Crippen molar-refractivity contribution in [3.8, 4) is 11.5 Å². The lowest BCUT2D eigenvalue weighted by Gasteiger charge is -2.11. The number of rotatable bonds is 8. The summed E-state index contributed by atoms with van der Waals surface area (Å²) in [5.74, 6) is 0.113. The quantitative estimate of drug-likeness (QED) is 0.408. The van der Waals surface area contributed by atoms with Gasteiger partial charge in [-0.25, -0.2) is 4.79 Å². The zero-order valence-electron chi connectivity index (χ0n) is 11.3. The summed E-state index contributed by atoms with van der Waals surface area (Å²) in [6.45, 7) is 2.99. The van der Waals surface area contributed by atoms with Crippen molar-refractivity contribution in [3.05, 3.63) is 23.8 Å². The molecule has 1 aromatic carbocycles. The first kappa shape index (κ1) is 15.3. The van der Waals surface area contributed by atoms with E-state index in [2.05, 4.69) is 4.89 Å². The first-order valence-corrected chi connectivity index (χ1v) is 5.87. The van der Waals surface area contributed by atoms with E-state index in [1.807, 2.05) is 6.92 Å². The van der Waals surface area contributed by atoms with Crippen LogP contribution in [0.15, 0.2) is 18.2 Å². The summed E-state index contributed by atoms with van der Waals surface area (Å²) in [6.07, 6.45) is 0. The summed E-state index contributed by atoms with van der Waals surface area (Å²) in [7, 11) is 2.94. The van der Waals surface area contributed by atoms with Crippen molar-refractivity contribution in [2.45, 2.75) is 6.92 Å². The predicted octanol–water partition coefficient (Wildman–Crippen LogP) is 1.83. The van der Waals surface area contributed by atoms with Gasteiger partial charge in [-0.1, -0.05) is 6.07 Å². The van der Waals surface area contributed by atoms with Crippen LogP contribution in [0.3, 0.4) is 0 Å². The minimum Gasteiger partial charge on any atom is -0.493 e. The number of para-hydroxylation sites is 1. The van der Waals surface area contributed by atoms with Crippen LogP contribution in [-0.2, 0) is 14.5 Å². The van der Waals surface area contributed by atoms with Gasteiger partial charge in [-0.3, -0.25) is 4.89 Å². The number of carbonyl (C=O) groups is 1. The van der Waals surface area contributed by atoms with Crippen molar-refractivity contribution in [2.24, 2.45) is 0 Å². The highest BCUT2D eigenvalue weighted by Gasteiger charge is 2.18. The van der Waals surface area contributed by atoms with E-state index in [0.29, 0.717) is 24.7 Å². The van der Waals surface area contributed by atoms with E-state index in [4.69, 9.17) is 19.1 Å². The van der Waals surface area contributed by atoms with Crippen molar-refractivity contribution in [1.29, 1.82) is 0 Å². The SMILES string of the molecule is CCOCCOOC(=O)c1cccc(OC)c1OC. The number of ether oxygens (including phenoxy) is 3. The van der Waals surface area contributed by atoms with Crippen LogP contribution in [0.4, 0.5) is 0 Å². The second-order valence-electron chi connectivity index (χ2n) is 3.43. The summed E-state index contributed by atoms with van der Waals surface area (Å²) < 4.78 is 15.3. The average Bonchev–Trinajstić information content (AvgIpc) is 2.45. The van der Waals surface area contributed by atoms with Crippen LogP contribution in [0.1, 0.15) is 17.3 Å². The van der Waals surface area contributed by atoms with Crippen molar-refractivity contribution < 1.29 is 28.8 Å². The number of hydrogen-bond donors (Lipinski definition) is 0. The smallest absolute Gasteiger partial charge is 0.376 e. The van der Waals surface area contributed by atoms with Crippen LogP contribution in [-0.4, -0.2) is 40.0 Å². The Morgan fingerprint density at radius 3 is 2.58 bits per heavy atom. The van der Waals surface area contributed by atoms with Gasteiger partial charge in [0.2, 0.25) is 0 Å². The van der Waals surface area contributed by atoms with Crippen molar-refractivity contribution in [2.75, 3.05) is 34.0 Å². The van der Waals surface area contributed by atoms with Gasteiger partial charge in [0, 0.05) is 6.61 Å². The summed E-state index contributed by atoms with van der Waals surface area (Å²) in [5, 5.41) is 0. The zero-order chi connectivity index (χ0) is 14.1. The molecule has 0 saturated heterocycles. The van der Waals surface area contributed by atoms with Gasteiger partial charge in [-0.2, -0.15) is 4.89 Å². The van der Waals surface area contributed by atoms with Crippen molar-refractivity contribution in [1.82, 2.24) is 0 Å². The molecule has 0 aliphatic rings. The zero-order valence-corrected chi connectivity index (χ0v) is 11.3. The molecule has 6 heteroatoms. The largest absolute Gasteiger partial charge is 0.493 e. The monoisotopic (exact) mass is 270 g/mol. The molecule has 0 atom stereocenters. The highest BCUT2D eigenvalue weighted by atomic mass is 17.2. The molecule has 1 aromatic rings. The summed E-state index contributed by atoms with van der Waals surface area (Å²) >= 11 is 0. The predicted molar refractivity (Wildman–Crippen MR) is 67.4 cm³/mol. The van der Waals surface area contributed by atoms with Gasteiger partial charge in [-0.15, -0.1) is 0 Å². The van der Waals surface area contributed by atoms with Crippen LogP contribution in [0, 0.1) is 0 Å². The molecule has 0 saturated carbocycles. The van der Waals surface area contributed by atoms with Crippen molar-refractivity contribution >= 4 is 5.97 Å². The minimum atomic E-state index is -0.646. The molecule has 0 amide bonds. The molecule has 0 radical (unpaired) electrons. The number of hydrogen-bond acceptors (Lipinski definition) is 6. The molecule has 6 nitrogen and oxygen atoms in total. The van der Waals surface area contributed by atoms with E-state index >= 15 is 0 Å². The second kappa shape index (κ2) is 8.34. The maximum atomic E-state index is 11.8. The molecular formula is C13H18O6. The molecule has 0 aliphatic carbocycles. The third-order valence-corrected chi connectivity index (χ3v) is 2.27. The van der Waals surface area contributed by atoms with Crippen LogP contribution in [0.5, 0.6) is 11.5 Å². The van der Waals surface area contributed by atoms with Gasteiger partial charge in [0.05, 0.1) is 20.8 Å². The Morgan fingerprint density at radius 1 is 1.16 bits per heavy atom. The van der Waals surface area contributed by atoms with Gasteiger partial charge in [0.15, 0.2) is 11.5 Å². The van der Waals surface area contributed by atoms with E-state index in [1.165, 1.54) is 14.2 Å². The molecule has 0 fully saturated rings. The molecule has 1 rings (SSSR count). The van der Waals surface area contributed by atoms with E-state index in [0.717, 1.165) is 0 Å². The van der Waals surface area contributed by atoms with E-state index in [1.54, 1.807) is 18.2 Å². The van der Waals surface area contributed by atoms with E-state index in [9.17, 15) is 4.79 Å². The molecule has 19 heavy (non-hydrogen) atoms. The first-order valence-electron chi connectivity index (χ1n) is 5.87. The van der Waals surface area contributed by atoms with Crippen LogP contribution >= 0.6 is 0 Å². The Bertz CT molecular complexity index is 404. The minimum absolute atomic E-state index is 0.172. The highest BCUT2D eigenvalue weighted by Crippen LogP contribution is 2.31. The summed E-state index contributed by atoms with van der Waals surface area (Å²) in [4.78, 5) is 21.2. The van der Waals surface area contributed by atoms with Crippen LogP contribution in [0.2, 0.25) is 0 Å². The first-order chi connectivity index (χ1) is 9.24. The van der Waals surface area contributed by atoms with E-state index in [-0.39, 0.29) is 12.2 Å². The third kappa shape index (κ3) is 4.42. The number of methoxy groups -OCH3 is 2. The highest BCUT2D eigenvalue weighted by molar-refractivity contribution is 5.93. The lowest BCUT2D eigenvalue weighted by molar-refractivity contribution is -0.247. The van der Waals surface area contributed by atoms with Crippen LogP contribution < -0.4 is 9.47 Å². The molecule has 0 bridgehead atoms. The molecular weight excluding hydrogens is 252 g/mol. The molecule has 106 valence electrons. The van der Waals surface area contributed by atoms with Gasteiger partial charge < -0.3 is 14.2 Å². The molecule has 0 unspecified atom stereocenters. The van der Waals surface area contributed by atoms with Gasteiger partial charge in [-0.05, 0) is 19.1 Å². The fraction of sp³-hybridized carbons (Fsp3) is 0.462. The average molecular weight is 270 g/mol. The van der Waals surface area contributed by atoms with E-state index < -0.39 is 5.97 Å². The molecule has 0 heterocycles. The maximum absolute atomic E-state index is 11.8. The normalized spacial score (nSPS) is 10.1. The Hall–Kier alpha value is -1.79. The fourth-order valence-electron chi connectivity index (χ4n) is 1.43. The molecule has 0 spiro atoms. The maximum Gasteiger partial charge on any atom is 0.376 e. The van der Waals surface area contributed by atoms with Gasteiger partial charge in [0.25, 0.3) is 0 Å². The fourth-order valence-corrected chi connectivity index (χ4v) is 1.43. The van der Waals surface area contributed by atoms with Crippen LogP contribution in [0.25, 0.3) is 0 Å².